The molecule has 56 valence electrons. The lowest BCUT2D eigenvalue weighted by molar-refractivity contribution is 0.607. The predicted molar refractivity (Wildman–Crippen MR) is 37.7 cm³/mol. The Morgan fingerprint density at radius 1 is 1.50 bits per heavy atom. The van der Waals surface area contributed by atoms with Crippen LogP contribution in [0.15, 0.2) is 4.34 Å². The smallest absolute Gasteiger partial charge is 0.204 e. The van der Waals surface area contributed by atoms with E-state index in [-0.39, 0.29) is 4.34 Å². The maximum Gasteiger partial charge on any atom is 0.290 e. The molecule has 0 atom stereocenters. The zero-order valence-corrected chi connectivity index (χ0v) is 7.29. The molecule has 0 N–H and O–H groups in total. The van der Waals surface area contributed by atoms with Crippen molar-refractivity contribution < 1.29 is 8.42 Å². The molecule has 0 aliphatic rings. The largest absolute Gasteiger partial charge is 0.290 e. The van der Waals surface area contributed by atoms with Crippen LogP contribution in [0.25, 0.3) is 0 Å². The lowest BCUT2D eigenvalue weighted by atomic mass is 10.9. The van der Waals surface area contributed by atoms with E-state index in [0.717, 1.165) is 11.3 Å². The van der Waals surface area contributed by atoms with E-state index < -0.39 is 9.05 Å². The molecule has 0 spiro atoms. The normalized spacial score (nSPS) is 11.8. The molecule has 1 aromatic heterocycles. The monoisotopic (exact) mass is 198 g/mol. The van der Waals surface area contributed by atoms with Gasteiger partial charge in [0, 0.05) is 10.7 Å². The van der Waals surface area contributed by atoms with Crippen LogP contribution in [-0.2, 0) is 9.05 Å². The second-order valence-corrected chi connectivity index (χ2v) is 5.45. The molecule has 0 bridgehead atoms. The van der Waals surface area contributed by atoms with E-state index in [2.05, 4.69) is 10.2 Å². The fourth-order valence-corrected chi connectivity index (χ4v) is 2.07. The van der Waals surface area contributed by atoms with E-state index in [4.69, 9.17) is 10.7 Å². The Morgan fingerprint density at radius 2 is 2.10 bits per heavy atom. The Balaban J connectivity index is 3.21. The maximum atomic E-state index is 10.5. The maximum absolute atomic E-state index is 10.5. The molecule has 1 rings (SSSR count). The van der Waals surface area contributed by atoms with Crippen molar-refractivity contribution in [2.24, 2.45) is 0 Å². The van der Waals surface area contributed by atoms with Crippen LogP contribution in [-0.4, -0.2) is 18.6 Å². The summed E-state index contributed by atoms with van der Waals surface area (Å²) in [6, 6.07) is 0. The summed E-state index contributed by atoms with van der Waals surface area (Å²) < 4.78 is 20.9. The number of rotatable bonds is 1. The number of halogens is 1. The zero-order chi connectivity index (χ0) is 7.78. The van der Waals surface area contributed by atoms with Crippen LogP contribution < -0.4 is 0 Å². The first-order valence-electron chi connectivity index (χ1n) is 2.25. The van der Waals surface area contributed by atoms with Gasteiger partial charge in [0.15, 0.2) is 0 Å². The van der Waals surface area contributed by atoms with E-state index in [1.54, 1.807) is 6.92 Å². The van der Waals surface area contributed by atoms with Crippen LogP contribution >= 0.6 is 22.0 Å². The summed E-state index contributed by atoms with van der Waals surface area (Å²) in [7, 11) is 1.29. The van der Waals surface area contributed by atoms with E-state index in [1.165, 1.54) is 0 Å². The highest BCUT2D eigenvalue weighted by Crippen LogP contribution is 2.18. The number of aromatic nitrogens is 2. The van der Waals surface area contributed by atoms with Crippen LogP contribution in [0.1, 0.15) is 5.01 Å². The highest BCUT2D eigenvalue weighted by Gasteiger charge is 2.14. The fourth-order valence-electron chi connectivity index (χ4n) is 0.377. The Labute approximate surface area is 66.3 Å². The van der Waals surface area contributed by atoms with Gasteiger partial charge in [-0.25, -0.2) is 8.42 Å². The van der Waals surface area contributed by atoms with Crippen LogP contribution in [0.4, 0.5) is 0 Å². The third-order valence-electron chi connectivity index (χ3n) is 0.716. The lowest BCUT2D eigenvalue weighted by Crippen LogP contribution is -1.87. The van der Waals surface area contributed by atoms with Crippen molar-refractivity contribution in [2.45, 2.75) is 11.3 Å². The summed E-state index contributed by atoms with van der Waals surface area (Å²) in [5.74, 6) is 0. The Kier molecular flexibility index (Phi) is 1.93. The van der Waals surface area contributed by atoms with Gasteiger partial charge in [0.1, 0.15) is 5.01 Å². The molecule has 0 saturated carbocycles. The van der Waals surface area contributed by atoms with Crippen molar-refractivity contribution in [1.82, 2.24) is 10.2 Å². The van der Waals surface area contributed by atoms with E-state index in [9.17, 15) is 8.42 Å². The molecule has 0 amide bonds. The van der Waals surface area contributed by atoms with Gasteiger partial charge in [-0.3, -0.25) is 0 Å². The Morgan fingerprint density at radius 3 is 2.30 bits per heavy atom. The number of hydrogen-bond acceptors (Lipinski definition) is 5. The predicted octanol–water partition coefficient (Wildman–Crippen LogP) is 0.774. The van der Waals surface area contributed by atoms with Gasteiger partial charge in [-0.2, -0.15) is 0 Å². The average molecular weight is 199 g/mol. The molecule has 4 nitrogen and oxygen atoms in total. The molecular formula is C3H3ClN2O2S2. The SMILES string of the molecule is Cc1nnc(S(=O)(=O)Cl)s1. The van der Waals surface area contributed by atoms with Gasteiger partial charge in [0.05, 0.1) is 0 Å². The van der Waals surface area contributed by atoms with Crippen molar-refractivity contribution in [3.05, 3.63) is 5.01 Å². The minimum absolute atomic E-state index is 0.147. The first-order chi connectivity index (χ1) is 4.50. The minimum Gasteiger partial charge on any atom is -0.204 e. The van der Waals surface area contributed by atoms with Gasteiger partial charge in [-0.15, -0.1) is 10.2 Å². The molecule has 1 aromatic rings. The van der Waals surface area contributed by atoms with Gasteiger partial charge >= 0.3 is 0 Å². The van der Waals surface area contributed by atoms with Crippen molar-refractivity contribution in [1.29, 1.82) is 0 Å². The summed E-state index contributed by atoms with van der Waals surface area (Å²) in [6.45, 7) is 1.66. The van der Waals surface area contributed by atoms with Crippen LogP contribution in [0.3, 0.4) is 0 Å². The molecule has 0 unspecified atom stereocenters. The van der Waals surface area contributed by atoms with E-state index in [0.29, 0.717) is 5.01 Å². The third-order valence-corrected chi connectivity index (χ3v) is 3.47. The highest BCUT2D eigenvalue weighted by atomic mass is 35.7. The summed E-state index contributed by atoms with van der Waals surface area (Å²) in [4.78, 5) is 0. The minimum atomic E-state index is -3.66. The summed E-state index contributed by atoms with van der Waals surface area (Å²) in [6.07, 6.45) is 0. The average Bonchev–Trinajstić information content (AvgIpc) is 2.11. The molecule has 0 radical (unpaired) electrons. The van der Waals surface area contributed by atoms with Crippen LogP contribution in [0.2, 0.25) is 0 Å². The molecule has 10 heavy (non-hydrogen) atoms. The summed E-state index contributed by atoms with van der Waals surface area (Å²) >= 11 is 0.953. The molecule has 0 saturated heterocycles. The molecule has 7 heteroatoms. The standard InChI is InChI=1S/C3H3ClN2O2S2/c1-2-5-6-3(9-2)10(4,7)8/h1H3. The molecule has 0 fully saturated rings. The molecule has 1 heterocycles. The second kappa shape index (κ2) is 2.44. The number of hydrogen-bond donors (Lipinski definition) is 0. The first-order valence-corrected chi connectivity index (χ1v) is 5.37. The van der Waals surface area contributed by atoms with Crippen LogP contribution in [0.5, 0.6) is 0 Å². The summed E-state index contributed by atoms with van der Waals surface area (Å²) in [5, 5.41) is 7.41. The fraction of sp³-hybridized carbons (Fsp3) is 0.333. The van der Waals surface area contributed by atoms with Gasteiger partial charge in [0.25, 0.3) is 9.05 Å². The van der Waals surface area contributed by atoms with Gasteiger partial charge in [-0.1, -0.05) is 11.3 Å². The van der Waals surface area contributed by atoms with Crippen molar-refractivity contribution in [3.8, 4) is 0 Å². The number of aryl methyl sites for hydroxylation is 1. The topological polar surface area (TPSA) is 59.9 Å². The van der Waals surface area contributed by atoms with E-state index in [1.807, 2.05) is 0 Å². The van der Waals surface area contributed by atoms with Crippen molar-refractivity contribution in [3.63, 3.8) is 0 Å². The lowest BCUT2D eigenvalue weighted by Gasteiger charge is -1.80. The molecule has 0 aliphatic carbocycles. The zero-order valence-electron chi connectivity index (χ0n) is 4.91. The summed E-state index contributed by atoms with van der Waals surface area (Å²) in [5.41, 5.74) is 0. The highest BCUT2D eigenvalue weighted by molar-refractivity contribution is 8.14. The van der Waals surface area contributed by atoms with Gasteiger partial charge in [-0.05, 0) is 6.92 Å². The van der Waals surface area contributed by atoms with Crippen LogP contribution in [0, 0.1) is 6.92 Å². The van der Waals surface area contributed by atoms with Crippen molar-refractivity contribution in [2.75, 3.05) is 0 Å². The second-order valence-electron chi connectivity index (χ2n) is 1.52. The van der Waals surface area contributed by atoms with Gasteiger partial charge < -0.3 is 0 Å². The van der Waals surface area contributed by atoms with Gasteiger partial charge in [0.2, 0.25) is 4.34 Å². The molecular weight excluding hydrogens is 196 g/mol. The van der Waals surface area contributed by atoms with Crippen molar-refractivity contribution >= 4 is 31.1 Å². The number of nitrogens with zero attached hydrogens (tertiary/aromatic N) is 2. The van der Waals surface area contributed by atoms with E-state index >= 15 is 0 Å². The molecule has 0 aromatic carbocycles. The quantitative estimate of drug-likeness (QED) is 0.626. The molecule has 0 aliphatic heterocycles. The first kappa shape index (κ1) is 7.90. The Hall–Kier alpha value is -0.200. The Bertz CT molecular complexity index is 330. The third kappa shape index (κ3) is 1.65.